The summed E-state index contributed by atoms with van der Waals surface area (Å²) in [5, 5.41) is 0.112. The fourth-order valence-electron chi connectivity index (χ4n) is 2.57. The molecule has 0 bridgehead atoms. The molecule has 0 saturated carbocycles. The molecule has 0 radical (unpaired) electrons. The summed E-state index contributed by atoms with van der Waals surface area (Å²) >= 11 is 0. The third-order valence-corrected chi connectivity index (χ3v) is 5.30. The van der Waals surface area contributed by atoms with E-state index in [2.05, 4.69) is 26.0 Å². The number of benzene rings is 1. The van der Waals surface area contributed by atoms with Crippen molar-refractivity contribution in [2.24, 2.45) is 5.73 Å². The monoisotopic (exact) mass is 237 g/mol. The largest absolute Gasteiger partial charge is 0.323 e. The van der Waals surface area contributed by atoms with Gasteiger partial charge in [0.2, 0.25) is 0 Å². The Labute approximate surface area is 99.7 Å². The van der Waals surface area contributed by atoms with E-state index in [9.17, 15) is 4.21 Å². The van der Waals surface area contributed by atoms with Crippen molar-refractivity contribution in [3.8, 4) is 0 Å². The quantitative estimate of drug-likeness (QED) is 0.859. The highest BCUT2D eigenvalue weighted by Crippen LogP contribution is 2.39. The zero-order valence-corrected chi connectivity index (χ0v) is 10.9. The van der Waals surface area contributed by atoms with Gasteiger partial charge < -0.3 is 5.73 Å². The van der Waals surface area contributed by atoms with E-state index in [0.717, 1.165) is 28.9 Å². The Hall–Kier alpha value is -0.670. The first-order valence-corrected chi connectivity index (χ1v) is 7.04. The molecule has 0 spiro atoms. The maximum atomic E-state index is 12.4. The normalized spacial score (nSPS) is 28.1. The molecule has 1 heterocycles. The van der Waals surface area contributed by atoms with E-state index in [-0.39, 0.29) is 11.3 Å². The van der Waals surface area contributed by atoms with Crippen molar-refractivity contribution in [2.75, 3.05) is 0 Å². The molecule has 1 aliphatic rings. The van der Waals surface area contributed by atoms with Crippen LogP contribution in [0.15, 0.2) is 17.0 Å². The average Bonchev–Trinajstić information content (AvgIpc) is 2.43. The molecular formula is C13H19NOS. The highest BCUT2D eigenvalue weighted by Gasteiger charge is 2.36. The Morgan fingerprint density at radius 3 is 2.69 bits per heavy atom. The van der Waals surface area contributed by atoms with Gasteiger partial charge in [0.1, 0.15) is 0 Å². The number of hydrogen-bond donors (Lipinski definition) is 1. The van der Waals surface area contributed by atoms with Gasteiger partial charge in [0, 0.05) is 10.9 Å². The van der Waals surface area contributed by atoms with Crippen molar-refractivity contribution in [3.63, 3.8) is 0 Å². The molecule has 3 atom stereocenters. The van der Waals surface area contributed by atoms with E-state index in [1.165, 1.54) is 5.56 Å². The zero-order chi connectivity index (χ0) is 11.9. The highest BCUT2D eigenvalue weighted by atomic mass is 32.2. The molecule has 0 aliphatic carbocycles. The summed E-state index contributed by atoms with van der Waals surface area (Å²) in [6, 6.07) is 4.15. The van der Waals surface area contributed by atoms with Crippen molar-refractivity contribution in [2.45, 2.75) is 49.8 Å². The van der Waals surface area contributed by atoms with Gasteiger partial charge in [-0.2, -0.15) is 0 Å². The molecule has 2 rings (SSSR count). The van der Waals surface area contributed by atoms with Crippen LogP contribution in [0.3, 0.4) is 0 Å². The molecule has 88 valence electrons. The average molecular weight is 237 g/mol. The number of aryl methyl sites for hydroxylation is 2. The summed E-state index contributed by atoms with van der Waals surface area (Å²) in [5.74, 6) is 0. The van der Waals surface area contributed by atoms with Crippen LogP contribution < -0.4 is 5.73 Å². The van der Waals surface area contributed by atoms with Gasteiger partial charge in [-0.1, -0.05) is 31.0 Å². The summed E-state index contributed by atoms with van der Waals surface area (Å²) < 4.78 is 12.4. The number of fused-ring (bicyclic) bond motifs is 1. The minimum atomic E-state index is -0.910. The van der Waals surface area contributed by atoms with Crippen LogP contribution in [0.2, 0.25) is 0 Å². The number of nitrogens with two attached hydrogens (primary N) is 1. The lowest BCUT2D eigenvalue weighted by atomic mass is 9.98. The van der Waals surface area contributed by atoms with Crippen LogP contribution in [0.4, 0.5) is 0 Å². The predicted octanol–water partition coefficient (Wildman–Crippen LogP) is 2.59. The maximum absolute atomic E-state index is 12.4. The van der Waals surface area contributed by atoms with Crippen LogP contribution in [0.25, 0.3) is 0 Å². The van der Waals surface area contributed by atoms with Crippen molar-refractivity contribution < 1.29 is 4.21 Å². The summed E-state index contributed by atoms with van der Waals surface area (Å²) in [6.07, 6.45) is 1.98. The van der Waals surface area contributed by atoms with E-state index in [1.54, 1.807) is 0 Å². The van der Waals surface area contributed by atoms with Crippen molar-refractivity contribution >= 4 is 10.8 Å². The summed E-state index contributed by atoms with van der Waals surface area (Å²) in [7, 11) is -0.910. The van der Waals surface area contributed by atoms with Gasteiger partial charge in [0.05, 0.1) is 16.0 Å². The minimum Gasteiger partial charge on any atom is -0.323 e. The van der Waals surface area contributed by atoms with Gasteiger partial charge in [-0.15, -0.1) is 0 Å². The smallest absolute Gasteiger partial charge is 0.0588 e. The first-order valence-electron chi connectivity index (χ1n) is 5.83. The Bertz CT molecular complexity index is 442. The van der Waals surface area contributed by atoms with E-state index in [0.29, 0.717) is 0 Å². The summed E-state index contributed by atoms with van der Waals surface area (Å²) in [6.45, 7) is 6.21. The summed E-state index contributed by atoms with van der Waals surface area (Å²) in [4.78, 5) is 0.997. The van der Waals surface area contributed by atoms with Crippen molar-refractivity contribution in [1.29, 1.82) is 0 Å². The Balaban J connectivity index is 2.51. The maximum Gasteiger partial charge on any atom is 0.0588 e. The fraction of sp³-hybridized carbons (Fsp3) is 0.538. The van der Waals surface area contributed by atoms with E-state index in [1.807, 2.05) is 6.92 Å². The van der Waals surface area contributed by atoms with Crippen LogP contribution in [0, 0.1) is 13.8 Å². The molecule has 0 aromatic heterocycles. The van der Waals surface area contributed by atoms with E-state index in [4.69, 9.17) is 5.73 Å². The van der Waals surface area contributed by atoms with Crippen LogP contribution in [-0.4, -0.2) is 9.46 Å². The minimum absolute atomic E-state index is 0.0469. The Kier molecular flexibility index (Phi) is 3.17. The van der Waals surface area contributed by atoms with Gasteiger partial charge in [-0.3, -0.25) is 4.21 Å². The second-order valence-corrected chi connectivity index (χ2v) is 6.26. The molecule has 1 aliphatic heterocycles. The lowest BCUT2D eigenvalue weighted by molar-refractivity contribution is 0.606. The molecule has 2 nitrogen and oxygen atoms in total. The first kappa shape index (κ1) is 11.8. The van der Waals surface area contributed by atoms with Gasteiger partial charge in [0.25, 0.3) is 0 Å². The third-order valence-electron chi connectivity index (χ3n) is 3.26. The second kappa shape index (κ2) is 4.30. The third kappa shape index (κ3) is 1.72. The van der Waals surface area contributed by atoms with E-state index >= 15 is 0 Å². The molecule has 1 aromatic rings. The van der Waals surface area contributed by atoms with Gasteiger partial charge >= 0.3 is 0 Å². The van der Waals surface area contributed by atoms with Gasteiger partial charge in [0.15, 0.2) is 0 Å². The van der Waals surface area contributed by atoms with Crippen molar-refractivity contribution in [1.82, 2.24) is 0 Å². The van der Waals surface area contributed by atoms with Gasteiger partial charge in [-0.05, 0) is 31.4 Å². The molecule has 0 fully saturated rings. The Morgan fingerprint density at radius 1 is 1.38 bits per heavy atom. The Morgan fingerprint density at radius 2 is 2.06 bits per heavy atom. The first-order chi connectivity index (χ1) is 7.56. The number of hydrogen-bond acceptors (Lipinski definition) is 2. The predicted molar refractivity (Wildman–Crippen MR) is 67.9 cm³/mol. The fourth-order valence-corrected chi connectivity index (χ4v) is 4.53. The second-order valence-electron chi connectivity index (χ2n) is 4.65. The molecule has 0 amide bonds. The molecule has 0 saturated heterocycles. The molecule has 1 aromatic carbocycles. The standard InChI is InChI=1S/C13H19NOS/c1-4-5-11-12(14)10-7-8(2)6-9(3)13(10)16(11)15/h6-7,11-12H,4-5,14H2,1-3H3. The van der Waals surface area contributed by atoms with Crippen LogP contribution in [-0.2, 0) is 10.8 Å². The zero-order valence-electron chi connectivity index (χ0n) is 10.1. The molecule has 2 N–H and O–H groups in total. The topological polar surface area (TPSA) is 43.1 Å². The molecule has 3 unspecified atom stereocenters. The molecule has 3 heteroatoms. The lowest BCUT2D eigenvalue weighted by Gasteiger charge is -2.13. The molecule has 16 heavy (non-hydrogen) atoms. The number of rotatable bonds is 2. The molecular weight excluding hydrogens is 218 g/mol. The van der Waals surface area contributed by atoms with Crippen LogP contribution >= 0.6 is 0 Å². The van der Waals surface area contributed by atoms with Crippen LogP contribution in [0.5, 0.6) is 0 Å². The lowest BCUT2D eigenvalue weighted by Crippen LogP contribution is -2.23. The van der Waals surface area contributed by atoms with Gasteiger partial charge in [-0.25, -0.2) is 0 Å². The highest BCUT2D eigenvalue weighted by molar-refractivity contribution is 7.86. The SMILES string of the molecule is CCCC1C(N)c2cc(C)cc(C)c2S1=O. The summed E-state index contributed by atoms with van der Waals surface area (Å²) in [5.41, 5.74) is 9.65. The van der Waals surface area contributed by atoms with Crippen LogP contribution in [0.1, 0.15) is 42.5 Å². The van der Waals surface area contributed by atoms with E-state index < -0.39 is 10.8 Å². The van der Waals surface area contributed by atoms with Crippen molar-refractivity contribution in [3.05, 3.63) is 28.8 Å².